The van der Waals surface area contributed by atoms with Gasteiger partial charge in [0.15, 0.2) is 0 Å². The highest BCUT2D eigenvalue weighted by Crippen LogP contribution is 2.37. The topological polar surface area (TPSA) is 30.7 Å². The maximum absolute atomic E-state index is 6.05. The van der Waals surface area contributed by atoms with Crippen molar-refractivity contribution >= 4 is 39.3 Å². The van der Waals surface area contributed by atoms with Gasteiger partial charge in [-0.1, -0.05) is 18.5 Å². The van der Waals surface area contributed by atoms with Gasteiger partial charge in [0.05, 0.1) is 5.69 Å². The average molecular weight is 331 g/mol. The highest BCUT2D eigenvalue weighted by atomic mass is 79.9. The summed E-state index contributed by atoms with van der Waals surface area (Å²) in [6.07, 6.45) is 0.898. The lowest BCUT2D eigenvalue weighted by atomic mass is 10.3. The molecule has 88 valence electrons. The molecule has 1 aliphatic heterocycles. The summed E-state index contributed by atoms with van der Waals surface area (Å²) in [6.45, 7) is 2.19. The summed E-state index contributed by atoms with van der Waals surface area (Å²) in [5, 5.41) is 9.51. The van der Waals surface area contributed by atoms with Crippen LogP contribution in [0.25, 0.3) is 5.69 Å². The maximum atomic E-state index is 6.05. The van der Waals surface area contributed by atoms with Crippen molar-refractivity contribution in [1.82, 2.24) is 14.8 Å². The Morgan fingerprint density at radius 3 is 3.12 bits per heavy atom. The van der Waals surface area contributed by atoms with Crippen LogP contribution in [0.1, 0.15) is 12.7 Å². The molecule has 0 fully saturated rings. The number of hydrogen-bond acceptors (Lipinski definition) is 3. The standard InChI is InChI=1S/C11H9BrClN3S/c1-6-4-10-14-15-11(12)16(10)8-3-2-7(13)5-9(8)17-6/h2-3,5-6H,4H2,1H3. The minimum Gasteiger partial charge on any atom is -0.272 e. The average Bonchev–Trinajstić information content (AvgIpc) is 2.55. The molecular formula is C11H9BrClN3S. The molecule has 6 heteroatoms. The van der Waals surface area contributed by atoms with Crippen LogP contribution in [0, 0.1) is 0 Å². The Morgan fingerprint density at radius 2 is 2.29 bits per heavy atom. The molecule has 1 unspecified atom stereocenters. The molecule has 3 nitrogen and oxygen atoms in total. The van der Waals surface area contributed by atoms with Crippen molar-refractivity contribution in [2.75, 3.05) is 0 Å². The lowest BCUT2D eigenvalue weighted by Crippen LogP contribution is -2.04. The lowest BCUT2D eigenvalue weighted by molar-refractivity contribution is 0.820. The van der Waals surface area contributed by atoms with Crippen LogP contribution in [-0.2, 0) is 6.42 Å². The van der Waals surface area contributed by atoms with E-state index in [2.05, 4.69) is 33.1 Å². The molecule has 17 heavy (non-hydrogen) atoms. The Morgan fingerprint density at radius 1 is 1.47 bits per heavy atom. The first-order chi connectivity index (χ1) is 8.15. The number of rotatable bonds is 0. The molecule has 2 heterocycles. The van der Waals surface area contributed by atoms with E-state index in [0.29, 0.717) is 5.25 Å². The van der Waals surface area contributed by atoms with Crippen molar-refractivity contribution in [1.29, 1.82) is 0 Å². The number of hydrogen-bond donors (Lipinski definition) is 0. The molecule has 1 aliphatic rings. The third kappa shape index (κ3) is 2.00. The number of halogens is 2. The van der Waals surface area contributed by atoms with E-state index in [0.717, 1.165) is 27.7 Å². The van der Waals surface area contributed by atoms with Gasteiger partial charge < -0.3 is 0 Å². The number of aromatic nitrogens is 3. The second-order valence-electron chi connectivity index (χ2n) is 3.97. The van der Waals surface area contributed by atoms with Crippen molar-refractivity contribution in [3.8, 4) is 5.69 Å². The van der Waals surface area contributed by atoms with E-state index in [1.165, 1.54) is 4.90 Å². The van der Waals surface area contributed by atoms with Gasteiger partial charge in [-0.3, -0.25) is 4.57 Å². The molecule has 3 rings (SSSR count). The Bertz CT molecular complexity index is 584. The molecule has 0 saturated carbocycles. The largest absolute Gasteiger partial charge is 0.272 e. The van der Waals surface area contributed by atoms with E-state index in [9.17, 15) is 0 Å². The quantitative estimate of drug-likeness (QED) is 0.737. The summed E-state index contributed by atoms with van der Waals surface area (Å²) >= 11 is 11.3. The SMILES string of the molecule is CC1Cc2nnc(Br)n2-c2ccc(Cl)cc2S1. The van der Waals surface area contributed by atoms with Crippen LogP contribution in [0.3, 0.4) is 0 Å². The Kier molecular flexibility index (Phi) is 2.92. The van der Waals surface area contributed by atoms with Crippen molar-refractivity contribution < 1.29 is 0 Å². The molecule has 1 aromatic heterocycles. The van der Waals surface area contributed by atoms with Crippen molar-refractivity contribution in [2.45, 2.75) is 23.5 Å². The summed E-state index contributed by atoms with van der Waals surface area (Å²) < 4.78 is 2.79. The smallest absolute Gasteiger partial charge is 0.204 e. The van der Waals surface area contributed by atoms with Gasteiger partial charge in [0, 0.05) is 21.6 Å². The van der Waals surface area contributed by atoms with E-state index >= 15 is 0 Å². The number of nitrogens with zero attached hydrogens (tertiary/aromatic N) is 3. The highest BCUT2D eigenvalue weighted by molar-refractivity contribution is 9.10. The summed E-state index contributed by atoms with van der Waals surface area (Å²) in [5.41, 5.74) is 1.09. The normalized spacial score (nSPS) is 18.4. The highest BCUT2D eigenvalue weighted by Gasteiger charge is 2.22. The van der Waals surface area contributed by atoms with Crippen molar-refractivity contribution in [3.63, 3.8) is 0 Å². The van der Waals surface area contributed by atoms with Crippen LogP contribution < -0.4 is 0 Å². The monoisotopic (exact) mass is 329 g/mol. The first-order valence-corrected chi connectivity index (χ1v) is 7.26. The molecule has 0 radical (unpaired) electrons. The van der Waals surface area contributed by atoms with E-state index in [1.54, 1.807) is 0 Å². The minimum atomic E-state index is 0.463. The molecule has 0 saturated heterocycles. The van der Waals surface area contributed by atoms with Crippen LogP contribution in [0.15, 0.2) is 27.8 Å². The predicted molar refractivity (Wildman–Crippen MR) is 73.1 cm³/mol. The molecule has 0 amide bonds. The molecule has 0 bridgehead atoms. The van der Waals surface area contributed by atoms with Gasteiger partial charge in [-0.15, -0.1) is 22.0 Å². The lowest BCUT2D eigenvalue weighted by Gasteiger charge is -2.09. The van der Waals surface area contributed by atoms with Crippen LogP contribution in [-0.4, -0.2) is 20.0 Å². The van der Waals surface area contributed by atoms with E-state index in [1.807, 2.05) is 34.5 Å². The zero-order valence-electron chi connectivity index (χ0n) is 9.02. The fourth-order valence-electron chi connectivity index (χ4n) is 1.95. The zero-order valence-corrected chi connectivity index (χ0v) is 12.2. The third-order valence-corrected chi connectivity index (χ3v) is 4.55. The summed E-state index contributed by atoms with van der Waals surface area (Å²) in [5.74, 6) is 0.984. The van der Waals surface area contributed by atoms with Gasteiger partial charge in [-0.05, 0) is 34.1 Å². The van der Waals surface area contributed by atoms with Crippen LogP contribution in [0.2, 0.25) is 5.02 Å². The number of thioether (sulfide) groups is 1. The fraction of sp³-hybridized carbons (Fsp3) is 0.273. The molecular weight excluding hydrogens is 322 g/mol. The molecule has 1 aromatic carbocycles. The van der Waals surface area contributed by atoms with E-state index < -0.39 is 0 Å². The second-order valence-corrected chi connectivity index (χ2v) is 6.59. The number of benzene rings is 1. The Hall–Kier alpha value is -0.520. The number of fused-ring (bicyclic) bond motifs is 3. The molecule has 0 aliphatic carbocycles. The third-order valence-electron chi connectivity index (χ3n) is 2.65. The predicted octanol–water partition coefficient (Wildman–Crippen LogP) is 3.72. The van der Waals surface area contributed by atoms with E-state index in [-0.39, 0.29) is 0 Å². The first-order valence-electron chi connectivity index (χ1n) is 5.21. The van der Waals surface area contributed by atoms with Crippen molar-refractivity contribution in [3.05, 3.63) is 33.8 Å². The van der Waals surface area contributed by atoms with Gasteiger partial charge in [0.25, 0.3) is 0 Å². The van der Waals surface area contributed by atoms with Gasteiger partial charge in [-0.2, -0.15) is 0 Å². The summed E-state index contributed by atoms with van der Waals surface area (Å²) in [6, 6.07) is 5.91. The summed E-state index contributed by atoms with van der Waals surface area (Å²) in [4.78, 5) is 1.17. The van der Waals surface area contributed by atoms with Crippen molar-refractivity contribution in [2.24, 2.45) is 0 Å². The fourth-order valence-corrected chi connectivity index (χ4v) is 3.80. The summed E-state index contributed by atoms with van der Waals surface area (Å²) in [7, 11) is 0. The van der Waals surface area contributed by atoms with E-state index in [4.69, 9.17) is 11.6 Å². The van der Waals surface area contributed by atoms with Gasteiger partial charge in [0.1, 0.15) is 5.82 Å². The molecule has 0 spiro atoms. The minimum absolute atomic E-state index is 0.463. The Balaban J connectivity index is 2.28. The van der Waals surface area contributed by atoms with Crippen LogP contribution in [0.5, 0.6) is 0 Å². The molecule has 0 N–H and O–H groups in total. The van der Waals surface area contributed by atoms with Crippen LogP contribution in [0.4, 0.5) is 0 Å². The molecule has 1 atom stereocenters. The van der Waals surface area contributed by atoms with Crippen LogP contribution >= 0.6 is 39.3 Å². The second kappa shape index (κ2) is 4.30. The Labute approximate surface area is 117 Å². The zero-order chi connectivity index (χ0) is 12.0. The maximum Gasteiger partial charge on any atom is 0.204 e. The first kappa shape index (κ1) is 11.6. The molecule has 2 aromatic rings. The van der Waals surface area contributed by atoms with Gasteiger partial charge in [-0.25, -0.2) is 0 Å². The van der Waals surface area contributed by atoms with Gasteiger partial charge >= 0.3 is 0 Å². The van der Waals surface area contributed by atoms with Gasteiger partial charge in [0.2, 0.25) is 4.73 Å².